The first kappa shape index (κ1) is 17.1. The Labute approximate surface area is 145 Å². The molecular formula is C16H21NO3S3. The van der Waals surface area contributed by atoms with Crippen molar-refractivity contribution in [3.63, 3.8) is 0 Å². The minimum Gasteiger partial charge on any atom is -0.388 e. The van der Waals surface area contributed by atoms with Gasteiger partial charge in [0.1, 0.15) is 4.21 Å². The molecule has 0 spiro atoms. The van der Waals surface area contributed by atoms with Crippen LogP contribution in [0.4, 0.5) is 0 Å². The van der Waals surface area contributed by atoms with Crippen molar-refractivity contribution in [1.82, 2.24) is 4.72 Å². The molecule has 2 aromatic heterocycles. The van der Waals surface area contributed by atoms with E-state index in [1.165, 1.54) is 16.2 Å². The Balaban J connectivity index is 1.81. The molecule has 1 unspecified atom stereocenters. The summed E-state index contributed by atoms with van der Waals surface area (Å²) in [6.45, 7) is 2.18. The van der Waals surface area contributed by atoms with Gasteiger partial charge in [-0.25, -0.2) is 13.1 Å². The van der Waals surface area contributed by atoms with Gasteiger partial charge in [-0.05, 0) is 43.3 Å². The highest BCUT2D eigenvalue weighted by molar-refractivity contribution is 7.91. The van der Waals surface area contributed by atoms with E-state index in [1.807, 2.05) is 6.07 Å². The summed E-state index contributed by atoms with van der Waals surface area (Å²) in [6, 6.07) is 7.39. The molecule has 0 saturated heterocycles. The quantitative estimate of drug-likeness (QED) is 0.814. The average molecular weight is 372 g/mol. The van der Waals surface area contributed by atoms with Gasteiger partial charge in [-0.2, -0.15) is 0 Å². The van der Waals surface area contributed by atoms with Gasteiger partial charge in [-0.15, -0.1) is 22.7 Å². The van der Waals surface area contributed by atoms with Crippen LogP contribution in [0.15, 0.2) is 33.9 Å². The number of aliphatic hydroxyl groups is 1. The minimum atomic E-state index is -3.44. The zero-order valence-corrected chi connectivity index (χ0v) is 15.4. The van der Waals surface area contributed by atoms with E-state index in [4.69, 9.17) is 0 Å². The summed E-state index contributed by atoms with van der Waals surface area (Å²) in [7, 11) is -3.44. The molecule has 1 fully saturated rings. The van der Waals surface area contributed by atoms with Crippen molar-refractivity contribution in [2.75, 3.05) is 6.54 Å². The molecule has 1 aliphatic carbocycles. The lowest BCUT2D eigenvalue weighted by Gasteiger charge is -2.28. The molecule has 4 nitrogen and oxygen atoms in total. The van der Waals surface area contributed by atoms with E-state index in [-0.39, 0.29) is 5.41 Å². The normalized spacial score (nSPS) is 19.0. The fourth-order valence-electron chi connectivity index (χ4n) is 3.15. The Bertz CT molecular complexity index is 741. The Morgan fingerprint density at radius 1 is 1.30 bits per heavy atom. The predicted molar refractivity (Wildman–Crippen MR) is 94.6 cm³/mol. The van der Waals surface area contributed by atoms with E-state index in [2.05, 4.69) is 10.8 Å². The first-order chi connectivity index (χ1) is 10.9. The Morgan fingerprint density at radius 3 is 2.61 bits per heavy atom. The number of nitrogens with one attached hydrogen (secondary N) is 1. The van der Waals surface area contributed by atoms with Crippen LogP contribution in [0.5, 0.6) is 0 Å². The van der Waals surface area contributed by atoms with E-state index in [0.717, 1.165) is 30.6 Å². The lowest BCUT2D eigenvalue weighted by Crippen LogP contribution is -2.38. The number of hydrogen-bond donors (Lipinski definition) is 2. The first-order valence-electron chi connectivity index (χ1n) is 7.74. The Morgan fingerprint density at radius 2 is 2.04 bits per heavy atom. The van der Waals surface area contributed by atoms with Gasteiger partial charge in [0.15, 0.2) is 0 Å². The van der Waals surface area contributed by atoms with Gasteiger partial charge in [-0.3, -0.25) is 0 Å². The van der Waals surface area contributed by atoms with Crippen LogP contribution in [-0.4, -0.2) is 20.1 Å². The molecule has 1 aliphatic rings. The molecule has 23 heavy (non-hydrogen) atoms. The third kappa shape index (κ3) is 3.53. The van der Waals surface area contributed by atoms with Crippen LogP contribution in [-0.2, 0) is 15.4 Å². The summed E-state index contributed by atoms with van der Waals surface area (Å²) >= 11 is 2.84. The molecule has 3 rings (SSSR count). The van der Waals surface area contributed by atoms with Crippen molar-refractivity contribution in [2.45, 2.75) is 48.3 Å². The minimum absolute atomic E-state index is 0.137. The first-order valence-corrected chi connectivity index (χ1v) is 10.9. The van der Waals surface area contributed by atoms with E-state index >= 15 is 0 Å². The van der Waals surface area contributed by atoms with Crippen molar-refractivity contribution in [3.8, 4) is 0 Å². The van der Waals surface area contributed by atoms with Gasteiger partial charge >= 0.3 is 0 Å². The number of sulfonamides is 1. The smallest absolute Gasteiger partial charge is 0.250 e. The summed E-state index contributed by atoms with van der Waals surface area (Å²) in [5, 5.41) is 11.5. The molecule has 2 N–H and O–H groups in total. The number of aliphatic hydroxyl groups excluding tert-OH is 1. The topological polar surface area (TPSA) is 66.4 Å². The van der Waals surface area contributed by atoms with Crippen LogP contribution >= 0.6 is 22.7 Å². The van der Waals surface area contributed by atoms with Gasteiger partial charge in [0.2, 0.25) is 10.0 Å². The highest BCUT2D eigenvalue weighted by atomic mass is 32.2. The summed E-state index contributed by atoms with van der Waals surface area (Å²) in [6.07, 6.45) is 3.72. The van der Waals surface area contributed by atoms with Crippen LogP contribution in [0.1, 0.15) is 48.5 Å². The van der Waals surface area contributed by atoms with Crippen molar-refractivity contribution >= 4 is 32.7 Å². The van der Waals surface area contributed by atoms with Gasteiger partial charge in [-0.1, -0.05) is 18.9 Å². The summed E-state index contributed by atoms with van der Waals surface area (Å²) in [5.41, 5.74) is -0.137. The largest absolute Gasteiger partial charge is 0.388 e. The summed E-state index contributed by atoms with van der Waals surface area (Å²) < 4.78 is 28.0. The lowest BCUT2D eigenvalue weighted by molar-refractivity contribution is 0.203. The van der Waals surface area contributed by atoms with E-state index in [1.54, 1.807) is 35.8 Å². The molecule has 0 aliphatic heterocycles. The van der Waals surface area contributed by atoms with Crippen LogP contribution in [0.2, 0.25) is 0 Å². The van der Waals surface area contributed by atoms with Crippen molar-refractivity contribution < 1.29 is 13.5 Å². The van der Waals surface area contributed by atoms with Gasteiger partial charge in [0, 0.05) is 21.7 Å². The van der Waals surface area contributed by atoms with E-state index in [0.29, 0.717) is 10.8 Å². The number of hydrogen-bond acceptors (Lipinski definition) is 5. The summed E-state index contributed by atoms with van der Waals surface area (Å²) in [5.74, 6) is 0. The molecule has 7 heteroatoms. The fraction of sp³-hybridized carbons (Fsp3) is 0.500. The van der Waals surface area contributed by atoms with E-state index in [9.17, 15) is 13.5 Å². The van der Waals surface area contributed by atoms with Crippen LogP contribution in [0.25, 0.3) is 0 Å². The monoisotopic (exact) mass is 371 g/mol. The summed E-state index contributed by atoms with van der Waals surface area (Å²) in [4.78, 5) is 2.12. The number of rotatable bonds is 6. The third-order valence-corrected chi connectivity index (χ3v) is 8.78. The van der Waals surface area contributed by atoms with Crippen molar-refractivity contribution in [1.29, 1.82) is 0 Å². The molecule has 0 radical (unpaired) electrons. The van der Waals surface area contributed by atoms with Crippen LogP contribution in [0.3, 0.4) is 0 Å². The molecular weight excluding hydrogens is 350 g/mol. The second-order valence-corrected chi connectivity index (χ2v) is 10.2. The SMILES string of the molecule is CC(O)c1ccc(C2(CNS(=O)(=O)c3cccs3)CCCC2)s1. The molecule has 0 aromatic carbocycles. The average Bonchev–Trinajstić information content (AvgIpc) is 3.24. The Hall–Kier alpha value is -0.730. The molecule has 126 valence electrons. The van der Waals surface area contributed by atoms with Crippen LogP contribution < -0.4 is 4.72 Å². The zero-order chi connectivity index (χ0) is 16.5. The molecule has 0 amide bonds. The third-order valence-electron chi connectivity index (χ3n) is 4.48. The maximum atomic E-state index is 12.4. The molecule has 1 atom stereocenters. The Kier molecular flexibility index (Phi) is 4.94. The molecule has 2 heterocycles. The van der Waals surface area contributed by atoms with E-state index < -0.39 is 16.1 Å². The second-order valence-electron chi connectivity index (χ2n) is 6.12. The van der Waals surface area contributed by atoms with Crippen molar-refractivity contribution in [3.05, 3.63) is 39.4 Å². The molecule has 0 bridgehead atoms. The number of thiophene rings is 2. The molecule has 2 aromatic rings. The second kappa shape index (κ2) is 6.64. The zero-order valence-electron chi connectivity index (χ0n) is 13.0. The lowest BCUT2D eigenvalue weighted by atomic mass is 9.85. The molecule has 1 saturated carbocycles. The maximum absolute atomic E-state index is 12.4. The van der Waals surface area contributed by atoms with Crippen molar-refractivity contribution in [2.24, 2.45) is 0 Å². The maximum Gasteiger partial charge on any atom is 0.250 e. The highest BCUT2D eigenvalue weighted by Gasteiger charge is 2.38. The van der Waals surface area contributed by atoms with Gasteiger partial charge < -0.3 is 5.11 Å². The highest BCUT2D eigenvalue weighted by Crippen LogP contribution is 2.44. The van der Waals surface area contributed by atoms with Gasteiger partial charge in [0.05, 0.1) is 6.10 Å². The van der Waals surface area contributed by atoms with Gasteiger partial charge in [0.25, 0.3) is 0 Å². The predicted octanol–water partition coefficient (Wildman–Crippen LogP) is 3.65. The van der Waals surface area contributed by atoms with Crippen LogP contribution in [0, 0.1) is 0 Å². The fourth-order valence-corrected chi connectivity index (χ4v) is 6.50. The standard InChI is InChI=1S/C16H21NO3S3/c1-12(18)13-6-7-14(22-13)16(8-2-3-9-16)11-17-23(19,20)15-5-4-10-21-15/h4-7,10,12,17-18H,2-3,8-9,11H2,1H3.